The van der Waals surface area contributed by atoms with Crippen LogP contribution >= 0.6 is 11.8 Å². The van der Waals surface area contributed by atoms with Gasteiger partial charge in [-0.05, 0) is 61.4 Å². The molecule has 1 amide bonds. The van der Waals surface area contributed by atoms with E-state index in [1.165, 1.54) is 22.9 Å². The Hall–Kier alpha value is -1.74. The van der Waals surface area contributed by atoms with E-state index >= 15 is 0 Å². The van der Waals surface area contributed by atoms with Gasteiger partial charge in [0.25, 0.3) is 0 Å². The van der Waals surface area contributed by atoms with Gasteiger partial charge in [-0.1, -0.05) is 17.8 Å². The Morgan fingerprint density at radius 1 is 0.947 bits per heavy atom. The fraction of sp³-hybridized carbons (Fsp3) is 0.188. The highest BCUT2D eigenvalue weighted by molar-refractivity contribution is 7.99. The average molecular weight is 271 g/mol. The molecule has 0 saturated heterocycles. The summed E-state index contributed by atoms with van der Waals surface area (Å²) < 4.78 is 0. The number of rotatable bonds is 3. The molecule has 0 bridgehead atoms. The number of nitrogens with one attached hydrogen (secondary N) is 1. The quantitative estimate of drug-likeness (QED) is 0.895. The van der Waals surface area contributed by atoms with Gasteiger partial charge < -0.3 is 5.32 Å². The third-order valence-corrected chi connectivity index (χ3v) is 3.89. The predicted octanol–water partition coefficient (Wildman–Crippen LogP) is 4.41. The average Bonchev–Trinajstić information content (AvgIpc) is 2.36. The van der Waals surface area contributed by atoms with Crippen LogP contribution in [0.4, 0.5) is 5.69 Å². The number of carbonyl (C=O) groups is 1. The summed E-state index contributed by atoms with van der Waals surface area (Å²) in [5, 5.41) is 2.76. The van der Waals surface area contributed by atoms with Crippen molar-refractivity contribution in [3.63, 3.8) is 0 Å². The first-order chi connectivity index (χ1) is 9.04. The normalized spacial score (nSPS) is 10.3. The van der Waals surface area contributed by atoms with E-state index in [0.717, 1.165) is 10.6 Å². The monoisotopic (exact) mass is 271 g/mol. The van der Waals surface area contributed by atoms with Crippen LogP contribution in [0.3, 0.4) is 0 Å². The molecule has 0 spiro atoms. The molecule has 0 saturated carbocycles. The van der Waals surface area contributed by atoms with Gasteiger partial charge in [-0.3, -0.25) is 4.79 Å². The molecule has 0 unspecified atom stereocenters. The molecule has 0 aliphatic rings. The van der Waals surface area contributed by atoms with Crippen molar-refractivity contribution >= 4 is 23.4 Å². The zero-order chi connectivity index (χ0) is 13.8. The summed E-state index contributed by atoms with van der Waals surface area (Å²) in [5.74, 6) is -0.0467. The van der Waals surface area contributed by atoms with Crippen LogP contribution in [0.5, 0.6) is 0 Å². The maximum atomic E-state index is 10.9. The molecule has 19 heavy (non-hydrogen) atoms. The number of hydrogen-bond acceptors (Lipinski definition) is 2. The molecule has 0 aliphatic heterocycles. The molecule has 0 aliphatic carbocycles. The maximum Gasteiger partial charge on any atom is 0.221 e. The largest absolute Gasteiger partial charge is 0.326 e. The first-order valence-electron chi connectivity index (χ1n) is 6.17. The molecule has 0 fully saturated rings. The highest BCUT2D eigenvalue weighted by Gasteiger charge is 2.01. The summed E-state index contributed by atoms with van der Waals surface area (Å²) in [7, 11) is 0. The second-order valence-corrected chi connectivity index (χ2v) is 5.70. The van der Waals surface area contributed by atoms with Crippen molar-refractivity contribution in [3.05, 3.63) is 53.6 Å². The molecule has 98 valence electrons. The zero-order valence-corrected chi connectivity index (χ0v) is 12.2. The van der Waals surface area contributed by atoms with E-state index in [0.29, 0.717) is 0 Å². The van der Waals surface area contributed by atoms with Crippen molar-refractivity contribution in [1.29, 1.82) is 0 Å². The Balaban J connectivity index is 2.10. The Kier molecular flexibility index (Phi) is 4.27. The lowest BCUT2D eigenvalue weighted by molar-refractivity contribution is -0.114. The molecular weight excluding hydrogens is 254 g/mol. The van der Waals surface area contributed by atoms with Gasteiger partial charge in [-0.15, -0.1) is 0 Å². The van der Waals surface area contributed by atoms with Crippen molar-refractivity contribution in [2.45, 2.75) is 30.6 Å². The second-order valence-electron chi connectivity index (χ2n) is 4.55. The van der Waals surface area contributed by atoms with Gasteiger partial charge in [-0.2, -0.15) is 0 Å². The van der Waals surface area contributed by atoms with E-state index in [4.69, 9.17) is 0 Å². The lowest BCUT2D eigenvalue weighted by Crippen LogP contribution is -2.05. The van der Waals surface area contributed by atoms with Crippen LogP contribution in [0.1, 0.15) is 18.1 Å². The molecule has 3 heteroatoms. The van der Waals surface area contributed by atoms with Crippen molar-refractivity contribution < 1.29 is 4.79 Å². The summed E-state index contributed by atoms with van der Waals surface area (Å²) in [5.41, 5.74) is 3.45. The smallest absolute Gasteiger partial charge is 0.221 e. The molecule has 0 heterocycles. The van der Waals surface area contributed by atoms with Gasteiger partial charge in [0.1, 0.15) is 0 Å². The predicted molar refractivity (Wildman–Crippen MR) is 80.8 cm³/mol. The number of benzene rings is 2. The fourth-order valence-electron chi connectivity index (χ4n) is 1.72. The molecular formula is C16H17NOS. The van der Waals surface area contributed by atoms with Gasteiger partial charge in [0, 0.05) is 22.4 Å². The minimum atomic E-state index is -0.0467. The highest BCUT2D eigenvalue weighted by atomic mass is 32.2. The zero-order valence-electron chi connectivity index (χ0n) is 11.4. The SMILES string of the molecule is CC(=O)Nc1ccc(Sc2ccc(C)c(C)c2)cc1. The minimum Gasteiger partial charge on any atom is -0.326 e. The van der Waals surface area contributed by atoms with E-state index < -0.39 is 0 Å². The van der Waals surface area contributed by atoms with E-state index in [2.05, 4.69) is 37.4 Å². The van der Waals surface area contributed by atoms with Crippen molar-refractivity contribution in [1.82, 2.24) is 0 Å². The van der Waals surface area contributed by atoms with Gasteiger partial charge in [0.05, 0.1) is 0 Å². The molecule has 2 nitrogen and oxygen atoms in total. The molecule has 0 atom stereocenters. The highest BCUT2D eigenvalue weighted by Crippen LogP contribution is 2.29. The van der Waals surface area contributed by atoms with Gasteiger partial charge >= 0.3 is 0 Å². The fourth-order valence-corrected chi connectivity index (χ4v) is 2.64. The molecule has 0 aromatic heterocycles. The lowest BCUT2D eigenvalue weighted by atomic mass is 10.1. The third-order valence-electron chi connectivity index (χ3n) is 2.89. The van der Waals surface area contributed by atoms with Crippen LogP contribution in [0.15, 0.2) is 52.3 Å². The van der Waals surface area contributed by atoms with E-state index in [-0.39, 0.29) is 5.91 Å². The Morgan fingerprint density at radius 2 is 1.58 bits per heavy atom. The molecule has 0 radical (unpaired) electrons. The van der Waals surface area contributed by atoms with E-state index in [1.54, 1.807) is 11.8 Å². The number of aryl methyl sites for hydroxylation is 2. The number of anilines is 1. The second kappa shape index (κ2) is 5.93. The third kappa shape index (κ3) is 3.86. The Labute approximate surface area is 118 Å². The summed E-state index contributed by atoms with van der Waals surface area (Å²) in [6.07, 6.45) is 0. The molecule has 2 aromatic rings. The van der Waals surface area contributed by atoms with Gasteiger partial charge in [0.15, 0.2) is 0 Å². The minimum absolute atomic E-state index is 0.0467. The van der Waals surface area contributed by atoms with Crippen LogP contribution < -0.4 is 5.32 Å². The maximum absolute atomic E-state index is 10.9. The standard InChI is InChI=1S/C16H17NOS/c1-11-4-7-16(10-12(11)2)19-15-8-5-14(6-9-15)17-13(3)18/h4-10H,1-3H3,(H,17,18). The van der Waals surface area contributed by atoms with Crippen LogP contribution in [-0.4, -0.2) is 5.91 Å². The van der Waals surface area contributed by atoms with E-state index in [1.807, 2.05) is 24.3 Å². The Morgan fingerprint density at radius 3 is 2.16 bits per heavy atom. The lowest BCUT2D eigenvalue weighted by Gasteiger charge is -2.06. The number of amides is 1. The first-order valence-corrected chi connectivity index (χ1v) is 6.99. The molecule has 2 rings (SSSR count). The van der Waals surface area contributed by atoms with Crippen LogP contribution in [0.2, 0.25) is 0 Å². The Bertz CT molecular complexity index is 590. The summed E-state index contributed by atoms with van der Waals surface area (Å²) in [4.78, 5) is 13.3. The van der Waals surface area contributed by atoms with Crippen LogP contribution in [0, 0.1) is 13.8 Å². The van der Waals surface area contributed by atoms with Gasteiger partial charge in [0.2, 0.25) is 5.91 Å². The number of hydrogen-bond donors (Lipinski definition) is 1. The number of carbonyl (C=O) groups excluding carboxylic acids is 1. The van der Waals surface area contributed by atoms with Crippen LogP contribution in [0.25, 0.3) is 0 Å². The van der Waals surface area contributed by atoms with Crippen molar-refractivity contribution in [2.24, 2.45) is 0 Å². The van der Waals surface area contributed by atoms with Crippen molar-refractivity contribution in [3.8, 4) is 0 Å². The summed E-state index contributed by atoms with van der Waals surface area (Å²) in [6.45, 7) is 5.75. The topological polar surface area (TPSA) is 29.1 Å². The van der Waals surface area contributed by atoms with Crippen molar-refractivity contribution in [2.75, 3.05) is 5.32 Å². The first kappa shape index (κ1) is 13.7. The molecule has 2 aromatic carbocycles. The van der Waals surface area contributed by atoms with E-state index in [9.17, 15) is 4.79 Å². The summed E-state index contributed by atoms with van der Waals surface area (Å²) in [6, 6.07) is 14.4. The summed E-state index contributed by atoms with van der Waals surface area (Å²) >= 11 is 1.73. The molecule has 1 N–H and O–H groups in total. The van der Waals surface area contributed by atoms with Crippen LogP contribution in [-0.2, 0) is 4.79 Å². The van der Waals surface area contributed by atoms with Gasteiger partial charge in [-0.25, -0.2) is 0 Å².